The quantitative estimate of drug-likeness (QED) is 0.128. The molecule has 0 spiro atoms. The molecule has 0 aliphatic heterocycles. The van der Waals surface area contributed by atoms with Gasteiger partial charge in [0.15, 0.2) is 0 Å². The molecule has 1 nitrogen and oxygen atoms in total. The van der Waals surface area contributed by atoms with Gasteiger partial charge < -0.3 is 0 Å². The molecule has 57 heavy (non-hydrogen) atoms. The van der Waals surface area contributed by atoms with Crippen molar-refractivity contribution in [3.63, 3.8) is 0 Å². The first-order chi connectivity index (χ1) is 28.2. The van der Waals surface area contributed by atoms with E-state index in [0.29, 0.717) is 0 Å². The first-order valence-corrected chi connectivity index (χ1v) is 21.2. The molecule has 0 saturated carbocycles. The summed E-state index contributed by atoms with van der Waals surface area (Å²) >= 11 is 0.246. The van der Waals surface area contributed by atoms with Crippen LogP contribution in [0.25, 0.3) is 118 Å². The summed E-state index contributed by atoms with van der Waals surface area (Å²) in [7, 11) is 0. The first-order valence-electron chi connectivity index (χ1n) is 19.5. The zero-order valence-electron chi connectivity index (χ0n) is 30.9. The normalized spacial score (nSPS) is 11.9. The van der Waals surface area contributed by atoms with Crippen LogP contribution >= 0.6 is 0 Å². The number of hydrogen-bond acceptors (Lipinski definition) is 1. The summed E-state index contributed by atoms with van der Waals surface area (Å²) in [6.45, 7) is 0. The van der Waals surface area contributed by atoms with Crippen molar-refractivity contribution in [2.45, 2.75) is 0 Å². The fourth-order valence-corrected chi connectivity index (χ4v) is 11.6. The molecule has 0 saturated heterocycles. The number of rotatable bonds is 4. The molecule has 10 aromatic carbocycles. The molecule has 0 aliphatic carbocycles. The topological polar surface area (TPSA) is 12.9 Å². The van der Waals surface area contributed by atoms with Crippen LogP contribution < -0.4 is 0 Å². The molecule has 12 aromatic rings. The minimum absolute atomic E-state index is 0.246. The van der Waals surface area contributed by atoms with Gasteiger partial charge in [0.25, 0.3) is 0 Å². The predicted molar refractivity (Wildman–Crippen MR) is 245 cm³/mol. The van der Waals surface area contributed by atoms with E-state index in [1.807, 2.05) is 6.20 Å². The second kappa shape index (κ2) is 12.9. The Morgan fingerprint density at radius 3 is 1.46 bits per heavy atom. The van der Waals surface area contributed by atoms with E-state index < -0.39 is 0 Å². The summed E-state index contributed by atoms with van der Waals surface area (Å²) in [6.07, 6.45) is 1.97. The van der Waals surface area contributed by atoms with Crippen LogP contribution in [0.15, 0.2) is 200 Å². The molecule has 2 heteroatoms. The molecule has 0 radical (unpaired) electrons. The van der Waals surface area contributed by atoms with E-state index in [1.165, 1.54) is 112 Å². The molecule has 0 fully saturated rings. The van der Waals surface area contributed by atoms with Gasteiger partial charge in [0, 0.05) is 0 Å². The molecule has 0 amide bonds. The van der Waals surface area contributed by atoms with Crippen molar-refractivity contribution in [3.05, 3.63) is 200 Å². The zero-order valence-corrected chi connectivity index (χ0v) is 32.6. The van der Waals surface area contributed by atoms with Gasteiger partial charge in [0.05, 0.1) is 0 Å². The van der Waals surface area contributed by atoms with Crippen molar-refractivity contribution in [1.82, 2.24) is 4.98 Å². The number of nitrogens with zero attached hydrogens (tertiary/aromatic N) is 1. The minimum atomic E-state index is 0.246. The monoisotopic (exact) mass is 787 g/mol. The molecule has 2 heterocycles. The molecule has 0 unspecified atom stereocenters. The van der Waals surface area contributed by atoms with Crippen molar-refractivity contribution < 1.29 is 0 Å². The van der Waals surface area contributed by atoms with Crippen molar-refractivity contribution in [3.8, 4) is 44.6 Å². The predicted octanol–water partition coefficient (Wildman–Crippen LogP) is 14.9. The Morgan fingerprint density at radius 1 is 0.298 bits per heavy atom. The zero-order chi connectivity index (χ0) is 37.5. The average molecular weight is 787 g/mol. The molecule has 2 aromatic heterocycles. The van der Waals surface area contributed by atoms with Crippen LogP contribution in [-0.4, -0.2) is 19.5 Å². The van der Waals surface area contributed by atoms with Crippen molar-refractivity contribution in [1.29, 1.82) is 0 Å². The van der Waals surface area contributed by atoms with Gasteiger partial charge in [-0.2, -0.15) is 0 Å². The minimum Gasteiger partial charge on any atom is -0.0544 e. The van der Waals surface area contributed by atoms with Gasteiger partial charge >= 0.3 is 179 Å². The van der Waals surface area contributed by atoms with Gasteiger partial charge in [-0.3, -0.25) is 0 Å². The second-order valence-electron chi connectivity index (χ2n) is 15.1. The van der Waals surface area contributed by atoms with Crippen LogP contribution in [0.2, 0.25) is 0 Å². The van der Waals surface area contributed by atoms with Gasteiger partial charge in [-0.1, -0.05) is 97.1 Å². The van der Waals surface area contributed by atoms with E-state index in [2.05, 4.69) is 194 Å². The molecule has 0 aliphatic rings. The fraction of sp³-hybridized carbons (Fsp3) is 0. The Morgan fingerprint density at radius 2 is 0.754 bits per heavy atom. The number of hydrogen-bond donors (Lipinski definition) is 0. The Balaban J connectivity index is 1.05. The molecule has 0 atom stereocenters. The van der Waals surface area contributed by atoms with Crippen LogP contribution in [0.3, 0.4) is 0 Å². The molecule has 12 rings (SSSR count). The van der Waals surface area contributed by atoms with Gasteiger partial charge in [-0.15, -0.1) is 0 Å². The number of fused-ring (bicyclic) bond motifs is 8. The SMILES string of the molecule is c1ccc2cc(-c3c4ccccc4c(-c4ccc5ccccc5c4)c4cc(-c5ccc6cc(-c7nccc8c7[se]c7ccccc78)ccc6c5)ccc34)ccc2c1. The van der Waals surface area contributed by atoms with Gasteiger partial charge in [-0.25, -0.2) is 0 Å². The van der Waals surface area contributed by atoms with E-state index in [-0.39, 0.29) is 14.5 Å². The Kier molecular flexibility index (Phi) is 7.32. The van der Waals surface area contributed by atoms with Crippen LogP contribution in [0.4, 0.5) is 0 Å². The Bertz CT molecular complexity index is 3590. The summed E-state index contributed by atoms with van der Waals surface area (Å²) in [6, 6.07) is 72.0. The fourth-order valence-electron chi connectivity index (χ4n) is 9.10. The maximum absolute atomic E-state index is 4.94. The third-order valence-electron chi connectivity index (χ3n) is 11.8. The van der Waals surface area contributed by atoms with E-state index in [1.54, 1.807) is 0 Å². The van der Waals surface area contributed by atoms with Crippen molar-refractivity contribution in [2.24, 2.45) is 0 Å². The maximum atomic E-state index is 4.94. The van der Waals surface area contributed by atoms with Crippen LogP contribution in [0.5, 0.6) is 0 Å². The van der Waals surface area contributed by atoms with Crippen molar-refractivity contribution >= 4 is 87.7 Å². The summed E-state index contributed by atoms with van der Waals surface area (Å²) in [5.74, 6) is 0. The summed E-state index contributed by atoms with van der Waals surface area (Å²) in [5.41, 5.74) is 9.72. The first kappa shape index (κ1) is 32.4. The number of pyridine rings is 1. The molecular formula is C55H33NSe. The van der Waals surface area contributed by atoms with Crippen LogP contribution in [0, 0.1) is 0 Å². The average Bonchev–Trinajstić information content (AvgIpc) is 3.66. The van der Waals surface area contributed by atoms with Crippen molar-refractivity contribution in [2.75, 3.05) is 0 Å². The summed E-state index contributed by atoms with van der Waals surface area (Å²) in [4.78, 5) is 4.94. The summed E-state index contributed by atoms with van der Waals surface area (Å²) in [5, 5.41) is 15.2. The molecule has 264 valence electrons. The number of benzene rings is 10. The molecular weight excluding hydrogens is 754 g/mol. The standard InChI is InChI=1S/C55H33NSe/c1-3-11-36-30-42(22-17-34(36)9-1)52-46-14-5-6-15-47(46)53(43-23-18-35-10-2-4-12-37(35)31-43)50-33-41(25-26-48(50)52)39-19-20-40-32-44(24-21-38(40)29-39)54-55-49(27-28-56-54)45-13-7-8-16-51(45)57-55/h1-33H. The number of aromatic nitrogens is 1. The molecule has 0 bridgehead atoms. The summed E-state index contributed by atoms with van der Waals surface area (Å²) < 4.78 is 2.83. The third kappa shape index (κ3) is 5.26. The van der Waals surface area contributed by atoms with Gasteiger partial charge in [0.1, 0.15) is 0 Å². The van der Waals surface area contributed by atoms with Crippen LogP contribution in [-0.2, 0) is 0 Å². The van der Waals surface area contributed by atoms with E-state index in [0.717, 1.165) is 5.69 Å². The van der Waals surface area contributed by atoms with E-state index in [9.17, 15) is 0 Å². The Hall–Kier alpha value is -6.83. The van der Waals surface area contributed by atoms with Crippen LogP contribution in [0.1, 0.15) is 0 Å². The van der Waals surface area contributed by atoms with Gasteiger partial charge in [0.2, 0.25) is 0 Å². The second-order valence-corrected chi connectivity index (χ2v) is 17.3. The molecule has 0 N–H and O–H groups in total. The van der Waals surface area contributed by atoms with E-state index >= 15 is 0 Å². The Labute approximate surface area is 335 Å². The van der Waals surface area contributed by atoms with E-state index in [4.69, 9.17) is 4.98 Å². The van der Waals surface area contributed by atoms with Gasteiger partial charge in [-0.05, 0) is 61.1 Å². The third-order valence-corrected chi connectivity index (χ3v) is 14.3. The smallest absolute Gasteiger partial charge is 0.0544 e.